The van der Waals surface area contributed by atoms with Gasteiger partial charge in [0.1, 0.15) is 5.75 Å². The summed E-state index contributed by atoms with van der Waals surface area (Å²) in [5.74, 6) is 0.907. The van der Waals surface area contributed by atoms with Crippen LogP contribution in [0.1, 0.15) is 12.0 Å². The van der Waals surface area contributed by atoms with Gasteiger partial charge in [-0.1, -0.05) is 6.07 Å². The minimum Gasteiger partial charge on any atom is -0.495 e. The molecule has 0 atom stereocenters. The molecule has 3 heteroatoms. The molecule has 0 spiro atoms. The average Bonchev–Trinajstić information content (AvgIpc) is 2.25. The van der Waals surface area contributed by atoms with E-state index in [4.69, 9.17) is 4.74 Å². The van der Waals surface area contributed by atoms with Crippen LogP contribution in [0.4, 0.5) is 5.69 Å². The van der Waals surface area contributed by atoms with Crippen LogP contribution in [0.25, 0.3) is 0 Å². The smallest absolute Gasteiger partial charge is 0.141 e. The molecule has 3 nitrogen and oxygen atoms in total. The third-order valence-corrected chi connectivity index (χ3v) is 2.27. The zero-order valence-electron chi connectivity index (χ0n) is 9.76. The molecule has 0 saturated carbocycles. The quantitative estimate of drug-likeness (QED) is 0.702. The predicted octanol–water partition coefficient (Wildman–Crippen LogP) is 2.03. The Kier molecular flexibility index (Phi) is 4.98. The number of methoxy groups -OCH3 is 1. The van der Waals surface area contributed by atoms with Crippen LogP contribution >= 0.6 is 0 Å². The minimum absolute atomic E-state index is 0.907. The van der Waals surface area contributed by atoms with Gasteiger partial charge >= 0.3 is 0 Å². The Morgan fingerprint density at radius 2 is 2.07 bits per heavy atom. The fraction of sp³-hybridized carbons (Fsp3) is 0.500. The molecular formula is C12H20N2O. The Bertz CT molecular complexity index is 300. The van der Waals surface area contributed by atoms with Gasteiger partial charge in [-0.05, 0) is 44.6 Å². The monoisotopic (exact) mass is 208 g/mol. The van der Waals surface area contributed by atoms with Crippen molar-refractivity contribution in [2.75, 3.05) is 32.6 Å². The summed E-state index contributed by atoms with van der Waals surface area (Å²) >= 11 is 0. The number of hydrogen-bond donors (Lipinski definition) is 2. The predicted molar refractivity (Wildman–Crippen MR) is 64.8 cm³/mol. The van der Waals surface area contributed by atoms with Crippen molar-refractivity contribution in [3.8, 4) is 5.75 Å². The molecule has 0 amide bonds. The van der Waals surface area contributed by atoms with Crippen molar-refractivity contribution >= 4 is 5.69 Å². The molecule has 0 fully saturated rings. The first-order valence-electron chi connectivity index (χ1n) is 5.31. The summed E-state index contributed by atoms with van der Waals surface area (Å²) in [5.41, 5.74) is 2.32. The van der Waals surface area contributed by atoms with Crippen LogP contribution in [-0.4, -0.2) is 27.2 Å². The summed E-state index contributed by atoms with van der Waals surface area (Å²) in [7, 11) is 3.66. The van der Waals surface area contributed by atoms with E-state index in [-0.39, 0.29) is 0 Å². The maximum atomic E-state index is 5.28. The van der Waals surface area contributed by atoms with Crippen LogP contribution in [0, 0.1) is 6.92 Å². The molecule has 0 aliphatic heterocycles. The van der Waals surface area contributed by atoms with Gasteiger partial charge in [-0.25, -0.2) is 0 Å². The summed E-state index contributed by atoms with van der Waals surface area (Å²) in [4.78, 5) is 0. The van der Waals surface area contributed by atoms with Crippen LogP contribution in [0.3, 0.4) is 0 Å². The summed E-state index contributed by atoms with van der Waals surface area (Å²) in [5, 5.41) is 6.50. The van der Waals surface area contributed by atoms with Gasteiger partial charge < -0.3 is 15.4 Å². The molecule has 0 saturated heterocycles. The van der Waals surface area contributed by atoms with Gasteiger partial charge in [-0.2, -0.15) is 0 Å². The highest BCUT2D eigenvalue weighted by molar-refractivity contribution is 5.57. The molecule has 1 aromatic carbocycles. The van der Waals surface area contributed by atoms with E-state index >= 15 is 0 Å². The highest BCUT2D eigenvalue weighted by atomic mass is 16.5. The van der Waals surface area contributed by atoms with E-state index in [1.807, 2.05) is 13.1 Å². The van der Waals surface area contributed by atoms with Gasteiger partial charge in [-0.15, -0.1) is 0 Å². The third kappa shape index (κ3) is 3.80. The van der Waals surface area contributed by atoms with Crippen molar-refractivity contribution in [3.05, 3.63) is 23.8 Å². The molecule has 2 N–H and O–H groups in total. The Balaban J connectivity index is 2.54. The van der Waals surface area contributed by atoms with Crippen LogP contribution in [0.2, 0.25) is 0 Å². The van der Waals surface area contributed by atoms with E-state index in [1.54, 1.807) is 7.11 Å². The van der Waals surface area contributed by atoms with Crippen molar-refractivity contribution in [2.45, 2.75) is 13.3 Å². The molecule has 0 aliphatic carbocycles. The Morgan fingerprint density at radius 3 is 2.73 bits per heavy atom. The van der Waals surface area contributed by atoms with E-state index in [2.05, 4.69) is 29.7 Å². The number of rotatable bonds is 6. The van der Waals surface area contributed by atoms with Crippen LogP contribution in [-0.2, 0) is 0 Å². The molecule has 0 heterocycles. The molecule has 1 aromatic rings. The second-order valence-corrected chi connectivity index (χ2v) is 3.59. The topological polar surface area (TPSA) is 33.3 Å². The second-order valence-electron chi connectivity index (χ2n) is 3.59. The number of hydrogen-bond acceptors (Lipinski definition) is 3. The lowest BCUT2D eigenvalue weighted by Crippen LogP contribution is -2.13. The fourth-order valence-electron chi connectivity index (χ4n) is 1.45. The van der Waals surface area contributed by atoms with Crippen molar-refractivity contribution < 1.29 is 4.74 Å². The molecule has 0 aliphatic rings. The summed E-state index contributed by atoms with van der Waals surface area (Å²) in [6, 6.07) is 6.16. The van der Waals surface area contributed by atoms with E-state index in [0.717, 1.165) is 30.9 Å². The molecule has 1 rings (SSSR count). The highest BCUT2D eigenvalue weighted by Gasteiger charge is 2.01. The minimum atomic E-state index is 0.907. The normalized spacial score (nSPS) is 10.1. The SMILES string of the molecule is CNCCCNc1cc(C)ccc1OC. The number of benzene rings is 1. The first-order valence-corrected chi connectivity index (χ1v) is 5.31. The first-order chi connectivity index (χ1) is 7.27. The fourth-order valence-corrected chi connectivity index (χ4v) is 1.45. The molecule has 15 heavy (non-hydrogen) atoms. The van der Waals surface area contributed by atoms with E-state index in [0.29, 0.717) is 0 Å². The average molecular weight is 208 g/mol. The van der Waals surface area contributed by atoms with Crippen molar-refractivity contribution in [1.29, 1.82) is 0 Å². The maximum absolute atomic E-state index is 5.28. The molecular weight excluding hydrogens is 188 g/mol. The lowest BCUT2D eigenvalue weighted by molar-refractivity contribution is 0.416. The maximum Gasteiger partial charge on any atom is 0.141 e. The lowest BCUT2D eigenvalue weighted by Gasteiger charge is -2.11. The van der Waals surface area contributed by atoms with Crippen LogP contribution in [0.5, 0.6) is 5.75 Å². The van der Waals surface area contributed by atoms with Gasteiger partial charge in [-0.3, -0.25) is 0 Å². The van der Waals surface area contributed by atoms with Gasteiger partial charge in [0.2, 0.25) is 0 Å². The van der Waals surface area contributed by atoms with E-state index in [1.165, 1.54) is 5.56 Å². The largest absolute Gasteiger partial charge is 0.495 e. The molecule has 0 unspecified atom stereocenters. The van der Waals surface area contributed by atoms with Crippen molar-refractivity contribution in [3.63, 3.8) is 0 Å². The standard InChI is InChI=1S/C12H20N2O/c1-10-5-6-12(15-3)11(9-10)14-8-4-7-13-2/h5-6,9,13-14H,4,7-8H2,1-3H3. The number of anilines is 1. The van der Waals surface area contributed by atoms with E-state index < -0.39 is 0 Å². The Labute approximate surface area is 91.8 Å². The lowest BCUT2D eigenvalue weighted by atomic mass is 10.2. The highest BCUT2D eigenvalue weighted by Crippen LogP contribution is 2.24. The zero-order chi connectivity index (χ0) is 11.1. The Hall–Kier alpha value is -1.22. The first kappa shape index (κ1) is 11.9. The molecule has 84 valence electrons. The summed E-state index contributed by atoms with van der Waals surface area (Å²) in [6.07, 6.45) is 1.10. The number of ether oxygens (including phenoxy) is 1. The van der Waals surface area contributed by atoms with Gasteiger partial charge in [0.25, 0.3) is 0 Å². The number of aryl methyl sites for hydroxylation is 1. The molecule has 0 radical (unpaired) electrons. The number of nitrogens with one attached hydrogen (secondary N) is 2. The Morgan fingerprint density at radius 1 is 1.27 bits per heavy atom. The molecule has 0 bridgehead atoms. The van der Waals surface area contributed by atoms with Crippen LogP contribution in [0.15, 0.2) is 18.2 Å². The van der Waals surface area contributed by atoms with Gasteiger partial charge in [0, 0.05) is 6.54 Å². The van der Waals surface area contributed by atoms with Gasteiger partial charge in [0.15, 0.2) is 0 Å². The molecule has 0 aromatic heterocycles. The third-order valence-electron chi connectivity index (χ3n) is 2.27. The van der Waals surface area contributed by atoms with Gasteiger partial charge in [0.05, 0.1) is 12.8 Å². The van der Waals surface area contributed by atoms with E-state index in [9.17, 15) is 0 Å². The van der Waals surface area contributed by atoms with Crippen molar-refractivity contribution in [1.82, 2.24) is 5.32 Å². The van der Waals surface area contributed by atoms with Crippen molar-refractivity contribution in [2.24, 2.45) is 0 Å². The van der Waals surface area contributed by atoms with Crippen LogP contribution < -0.4 is 15.4 Å². The summed E-state index contributed by atoms with van der Waals surface area (Å²) < 4.78 is 5.28. The second kappa shape index (κ2) is 6.30. The summed E-state index contributed by atoms with van der Waals surface area (Å²) in [6.45, 7) is 4.07. The zero-order valence-corrected chi connectivity index (χ0v) is 9.76.